The van der Waals surface area contributed by atoms with E-state index in [4.69, 9.17) is 16.3 Å². The van der Waals surface area contributed by atoms with Crippen molar-refractivity contribution in [3.05, 3.63) is 83.7 Å². The van der Waals surface area contributed by atoms with Gasteiger partial charge in [-0.2, -0.15) is 0 Å². The Morgan fingerprint density at radius 3 is 2.44 bits per heavy atom. The maximum absolute atomic E-state index is 5.89. The Kier molecular flexibility index (Phi) is 6.28. The summed E-state index contributed by atoms with van der Waals surface area (Å²) in [5.74, 6) is 2.97. The van der Waals surface area contributed by atoms with Gasteiger partial charge in [0.15, 0.2) is 0 Å². The van der Waals surface area contributed by atoms with E-state index < -0.39 is 0 Å². The third-order valence-electron chi connectivity index (χ3n) is 3.71. The normalized spacial score (nSPS) is 10.3. The molecule has 3 aromatic rings. The Labute approximate surface area is 164 Å². The first kappa shape index (κ1) is 18.7. The van der Waals surface area contributed by atoms with Gasteiger partial charge in [0.1, 0.15) is 29.8 Å². The van der Waals surface area contributed by atoms with Crippen LogP contribution in [0.25, 0.3) is 0 Å². The van der Waals surface area contributed by atoms with Crippen LogP contribution in [-0.4, -0.2) is 16.5 Å². The number of ether oxygens (including phenoxy) is 1. The zero-order valence-corrected chi connectivity index (χ0v) is 15.8. The van der Waals surface area contributed by atoms with Crippen molar-refractivity contribution < 1.29 is 4.74 Å². The Morgan fingerprint density at radius 2 is 1.74 bits per heavy atom. The molecule has 0 unspecified atom stereocenters. The largest absolute Gasteiger partial charge is 0.489 e. The number of nitrogens with zero attached hydrogens (tertiary/aromatic N) is 2. The maximum Gasteiger partial charge on any atom is 0.136 e. The van der Waals surface area contributed by atoms with E-state index in [-0.39, 0.29) is 0 Å². The lowest BCUT2D eigenvalue weighted by Gasteiger charge is -2.11. The third kappa shape index (κ3) is 5.72. The highest BCUT2D eigenvalue weighted by Crippen LogP contribution is 2.21. The molecule has 3 rings (SSSR count). The summed E-state index contributed by atoms with van der Waals surface area (Å²) in [6, 6.07) is 17.2. The molecule has 0 saturated carbocycles. The highest BCUT2D eigenvalue weighted by molar-refractivity contribution is 6.30. The topological polar surface area (TPSA) is 59.1 Å². The molecule has 0 spiro atoms. The molecular weight excluding hydrogens is 360 g/mol. The van der Waals surface area contributed by atoms with Crippen molar-refractivity contribution in [2.75, 3.05) is 17.2 Å². The summed E-state index contributed by atoms with van der Waals surface area (Å²) in [6.07, 6.45) is 1.79. The van der Waals surface area contributed by atoms with Crippen LogP contribution in [0, 0.1) is 6.92 Å². The van der Waals surface area contributed by atoms with Gasteiger partial charge < -0.3 is 15.4 Å². The van der Waals surface area contributed by atoms with Crippen LogP contribution in [0.5, 0.6) is 5.75 Å². The minimum atomic E-state index is 0.493. The average molecular weight is 381 g/mol. The summed E-state index contributed by atoms with van der Waals surface area (Å²) in [5, 5.41) is 7.17. The molecule has 0 aliphatic carbocycles. The van der Waals surface area contributed by atoms with Crippen molar-refractivity contribution >= 4 is 28.9 Å². The van der Waals surface area contributed by atoms with Crippen molar-refractivity contribution in [1.82, 2.24) is 9.97 Å². The summed E-state index contributed by atoms with van der Waals surface area (Å²) in [6.45, 7) is 6.70. The van der Waals surface area contributed by atoms with Gasteiger partial charge in [-0.15, -0.1) is 6.58 Å². The molecule has 27 heavy (non-hydrogen) atoms. The first-order valence-electron chi connectivity index (χ1n) is 8.57. The highest BCUT2D eigenvalue weighted by atomic mass is 35.5. The van der Waals surface area contributed by atoms with Gasteiger partial charge in [0, 0.05) is 23.3 Å². The first-order valence-corrected chi connectivity index (χ1v) is 8.95. The molecule has 0 aliphatic heterocycles. The van der Waals surface area contributed by atoms with Crippen LogP contribution in [-0.2, 0) is 6.61 Å². The van der Waals surface area contributed by atoms with Gasteiger partial charge in [0.05, 0.1) is 0 Å². The zero-order chi connectivity index (χ0) is 19.1. The van der Waals surface area contributed by atoms with Gasteiger partial charge in [-0.3, -0.25) is 0 Å². The molecule has 6 heteroatoms. The Balaban J connectivity index is 1.61. The van der Waals surface area contributed by atoms with E-state index in [0.29, 0.717) is 19.0 Å². The summed E-state index contributed by atoms with van der Waals surface area (Å²) in [4.78, 5) is 8.76. The molecule has 0 fully saturated rings. The number of hydrogen-bond acceptors (Lipinski definition) is 5. The summed E-state index contributed by atoms with van der Waals surface area (Å²) in [7, 11) is 0. The fourth-order valence-electron chi connectivity index (χ4n) is 2.43. The van der Waals surface area contributed by atoms with E-state index in [9.17, 15) is 0 Å². The molecule has 0 atom stereocenters. The van der Waals surface area contributed by atoms with Crippen LogP contribution in [0.1, 0.15) is 11.4 Å². The van der Waals surface area contributed by atoms with Gasteiger partial charge >= 0.3 is 0 Å². The van der Waals surface area contributed by atoms with E-state index in [1.807, 2.05) is 61.5 Å². The predicted octanol–water partition coefficient (Wildman–Crippen LogP) is 5.36. The van der Waals surface area contributed by atoms with Crippen LogP contribution >= 0.6 is 11.6 Å². The molecule has 0 aliphatic rings. The first-order chi connectivity index (χ1) is 13.1. The van der Waals surface area contributed by atoms with E-state index in [1.165, 1.54) is 0 Å². The Morgan fingerprint density at radius 1 is 1.04 bits per heavy atom. The van der Waals surface area contributed by atoms with Crippen molar-refractivity contribution in [3.8, 4) is 5.75 Å². The van der Waals surface area contributed by atoms with Crippen molar-refractivity contribution in [1.29, 1.82) is 0 Å². The number of nitrogens with one attached hydrogen (secondary N) is 2. The summed E-state index contributed by atoms with van der Waals surface area (Å²) < 4.78 is 5.80. The number of halogens is 1. The molecular formula is C21H21ClN4O. The molecule has 0 saturated heterocycles. The van der Waals surface area contributed by atoms with Gasteiger partial charge in [-0.05, 0) is 48.9 Å². The van der Waals surface area contributed by atoms with Gasteiger partial charge in [-0.25, -0.2) is 9.97 Å². The molecule has 138 valence electrons. The second-order valence-corrected chi connectivity index (χ2v) is 6.36. The zero-order valence-electron chi connectivity index (χ0n) is 15.1. The molecule has 1 aromatic heterocycles. The number of benzene rings is 2. The molecule has 2 aromatic carbocycles. The Hall–Kier alpha value is -3.05. The molecule has 5 nitrogen and oxygen atoms in total. The van der Waals surface area contributed by atoms with E-state index in [2.05, 4.69) is 27.2 Å². The maximum atomic E-state index is 5.89. The van der Waals surface area contributed by atoms with Gasteiger partial charge in [0.2, 0.25) is 0 Å². The second kappa shape index (κ2) is 9.05. The number of aryl methyl sites for hydroxylation is 1. The smallest absolute Gasteiger partial charge is 0.136 e. The summed E-state index contributed by atoms with van der Waals surface area (Å²) in [5.41, 5.74) is 1.99. The molecule has 2 N–H and O–H groups in total. The van der Waals surface area contributed by atoms with Gasteiger partial charge in [0.25, 0.3) is 0 Å². The highest BCUT2D eigenvalue weighted by Gasteiger charge is 2.03. The molecule has 1 heterocycles. The standard InChI is InChI=1S/C21H21ClN4O/c1-3-12-23-20-13-21(25-15(2)24-20)26-18-8-10-19(11-9-18)27-14-16-4-6-17(22)7-5-16/h3-11,13H,1,12,14H2,2H3,(H2,23,24,25,26). The van der Waals surface area contributed by atoms with Crippen molar-refractivity contribution in [2.24, 2.45) is 0 Å². The van der Waals surface area contributed by atoms with E-state index in [1.54, 1.807) is 6.08 Å². The SMILES string of the molecule is C=CCNc1cc(Nc2ccc(OCc3ccc(Cl)cc3)cc2)nc(C)n1. The average Bonchev–Trinajstić information content (AvgIpc) is 2.67. The lowest BCUT2D eigenvalue weighted by molar-refractivity contribution is 0.306. The fraction of sp³-hybridized carbons (Fsp3) is 0.143. The predicted molar refractivity (Wildman–Crippen MR) is 111 cm³/mol. The molecule has 0 radical (unpaired) electrons. The Bertz CT molecular complexity index is 895. The van der Waals surface area contributed by atoms with Crippen molar-refractivity contribution in [3.63, 3.8) is 0 Å². The van der Waals surface area contributed by atoms with Crippen LogP contribution in [0.4, 0.5) is 17.3 Å². The third-order valence-corrected chi connectivity index (χ3v) is 3.96. The van der Waals surface area contributed by atoms with Gasteiger partial charge in [-0.1, -0.05) is 29.8 Å². The van der Waals surface area contributed by atoms with Crippen molar-refractivity contribution in [2.45, 2.75) is 13.5 Å². The van der Waals surface area contributed by atoms with Crippen LogP contribution in [0.3, 0.4) is 0 Å². The second-order valence-electron chi connectivity index (χ2n) is 5.92. The molecule has 0 bridgehead atoms. The van der Waals surface area contributed by atoms with E-state index >= 15 is 0 Å². The van der Waals surface area contributed by atoms with Crippen LogP contribution in [0.15, 0.2) is 67.3 Å². The fourth-order valence-corrected chi connectivity index (χ4v) is 2.55. The minimum Gasteiger partial charge on any atom is -0.489 e. The van der Waals surface area contributed by atoms with E-state index in [0.717, 1.165) is 33.7 Å². The number of aromatic nitrogens is 2. The summed E-state index contributed by atoms with van der Waals surface area (Å²) >= 11 is 5.89. The lowest BCUT2D eigenvalue weighted by atomic mass is 10.2. The number of rotatable bonds is 8. The van der Waals surface area contributed by atoms with Crippen LogP contribution < -0.4 is 15.4 Å². The lowest BCUT2D eigenvalue weighted by Crippen LogP contribution is -2.04. The quantitative estimate of drug-likeness (QED) is 0.515. The minimum absolute atomic E-state index is 0.493. The monoisotopic (exact) mass is 380 g/mol. The number of anilines is 3. The molecule has 0 amide bonds. The number of hydrogen-bond donors (Lipinski definition) is 2. The van der Waals surface area contributed by atoms with Crippen LogP contribution in [0.2, 0.25) is 5.02 Å².